The fourth-order valence-electron chi connectivity index (χ4n) is 2.18. The van der Waals surface area contributed by atoms with E-state index in [1.54, 1.807) is 16.8 Å². The van der Waals surface area contributed by atoms with Crippen molar-refractivity contribution < 1.29 is 0 Å². The maximum absolute atomic E-state index is 6.04. The highest BCUT2D eigenvalue weighted by Crippen LogP contribution is 2.36. The van der Waals surface area contributed by atoms with E-state index in [0.717, 1.165) is 17.8 Å². The zero-order chi connectivity index (χ0) is 10.3. The van der Waals surface area contributed by atoms with Crippen LogP contribution in [0.25, 0.3) is 10.6 Å². The molecule has 1 unspecified atom stereocenters. The molecule has 3 nitrogen and oxygen atoms in total. The SMILES string of the molecule is NC1CCc2c(-c3nncs3)cccc21. The zero-order valence-electron chi connectivity index (χ0n) is 8.18. The molecule has 1 aliphatic carbocycles. The Hall–Kier alpha value is -1.26. The van der Waals surface area contributed by atoms with Gasteiger partial charge in [0.05, 0.1) is 0 Å². The van der Waals surface area contributed by atoms with Crippen LogP contribution < -0.4 is 5.73 Å². The second kappa shape index (κ2) is 3.40. The lowest BCUT2D eigenvalue weighted by Gasteiger charge is -2.06. The van der Waals surface area contributed by atoms with Crippen molar-refractivity contribution in [2.45, 2.75) is 18.9 Å². The van der Waals surface area contributed by atoms with Crippen LogP contribution in [0.3, 0.4) is 0 Å². The normalized spacial score (nSPS) is 19.1. The van der Waals surface area contributed by atoms with E-state index in [4.69, 9.17) is 5.73 Å². The summed E-state index contributed by atoms with van der Waals surface area (Å²) in [5.74, 6) is 0. The molecule has 0 saturated carbocycles. The van der Waals surface area contributed by atoms with Gasteiger partial charge in [-0.25, -0.2) is 0 Å². The van der Waals surface area contributed by atoms with Gasteiger partial charge in [-0.3, -0.25) is 0 Å². The Bertz CT molecular complexity index is 479. The molecule has 1 aliphatic rings. The predicted molar refractivity (Wildman–Crippen MR) is 60.6 cm³/mol. The summed E-state index contributed by atoms with van der Waals surface area (Å²) in [5, 5.41) is 9.00. The summed E-state index contributed by atoms with van der Waals surface area (Å²) in [6, 6.07) is 6.49. The van der Waals surface area contributed by atoms with Crippen LogP contribution in [0.15, 0.2) is 23.7 Å². The van der Waals surface area contributed by atoms with Gasteiger partial charge in [-0.2, -0.15) is 0 Å². The molecule has 0 spiro atoms. The minimum absolute atomic E-state index is 0.202. The van der Waals surface area contributed by atoms with Crippen molar-refractivity contribution in [1.82, 2.24) is 10.2 Å². The van der Waals surface area contributed by atoms with Gasteiger partial charge in [0.2, 0.25) is 0 Å². The summed E-state index contributed by atoms with van der Waals surface area (Å²) in [5.41, 5.74) is 11.7. The van der Waals surface area contributed by atoms with Crippen molar-refractivity contribution >= 4 is 11.3 Å². The zero-order valence-corrected chi connectivity index (χ0v) is 9.00. The Morgan fingerprint density at radius 3 is 3.13 bits per heavy atom. The summed E-state index contributed by atoms with van der Waals surface area (Å²) in [6.45, 7) is 0. The number of nitrogens with two attached hydrogens (primary N) is 1. The van der Waals surface area contributed by atoms with E-state index in [2.05, 4.69) is 28.4 Å². The number of benzene rings is 1. The maximum Gasteiger partial charge on any atom is 0.147 e. The molecular formula is C11H11N3S. The topological polar surface area (TPSA) is 51.8 Å². The van der Waals surface area contributed by atoms with E-state index in [9.17, 15) is 0 Å². The van der Waals surface area contributed by atoms with Gasteiger partial charge in [-0.1, -0.05) is 29.5 Å². The van der Waals surface area contributed by atoms with E-state index < -0.39 is 0 Å². The van der Waals surface area contributed by atoms with Crippen LogP contribution in [0.1, 0.15) is 23.6 Å². The molecule has 76 valence electrons. The van der Waals surface area contributed by atoms with Crippen molar-refractivity contribution in [2.75, 3.05) is 0 Å². The van der Waals surface area contributed by atoms with Gasteiger partial charge in [-0.15, -0.1) is 10.2 Å². The summed E-state index contributed by atoms with van der Waals surface area (Å²) >= 11 is 1.58. The van der Waals surface area contributed by atoms with Crippen LogP contribution in [0.5, 0.6) is 0 Å². The standard InChI is InChI=1S/C11H11N3S/c12-10-5-4-7-8(10)2-1-3-9(7)11-14-13-6-15-11/h1-3,6,10H,4-5,12H2. The molecule has 0 saturated heterocycles. The van der Waals surface area contributed by atoms with Crippen LogP contribution in [0.4, 0.5) is 0 Å². The Morgan fingerprint density at radius 2 is 2.33 bits per heavy atom. The van der Waals surface area contributed by atoms with Crippen molar-refractivity contribution in [2.24, 2.45) is 5.73 Å². The minimum atomic E-state index is 0.202. The maximum atomic E-state index is 6.04. The molecule has 0 bridgehead atoms. The fraction of sp³-hybridized carbons (Fsp3) is 0.273. The molecule has 2 N–H and O–H groups in total. The van der Waals surface area contributed by atoms with Crippen molar-refractivity contribution in [3.63, 3.8) is 0 Å². The highest BCUT2D eigenvalue weighted by atomic mass is 32.1. The lowest BCUT2D eigenvalue weighted by Crippen LogP contribution is -2.04. The molecule has 0 amide bonds. The third kappa shape index (κ3) is 1.37. The molecule has 2 aromatic rings. The Balaban J connectivity index is 2.18. The van der Waals surface area contributed by atoms with Gasteiger partial charge in [0.25, 0.3) is 0 Å². The fourth-order valence-corrected chi connectivity index (χ4v) is 2.78. The van der Waals surface area contributed by atoms with E-state index in [-0.39, 0.29) is 6.04 Å². The third-order valence-corrected chi connectivity index (χ3v) is 3.63. The quantitative estimate of drug-likeness (QED) is 0.796. The number of rotatable bonds is 1. The van der Waals surface area contributed by atoms with Gasteiger partial charge in [0.1, 0.15) is 10.5 Å². The molecule has 0 aliphatic heterocycles. The Morgan fingerprint density at radius 1 is 1.40 bits per heavy atom. The van der Waals surface area contributed by atoms with Gasteiger partial charge in [0.15, 0.2) is 0 Å². The second-order valence-electron chi connectivity index (χ2n) is 3.76. The van der Waals surface area contributed by atoms with Crippen LogP contribution in [0, 0.1) is 0 Å². The van der Waals surface area contributed by atoms with Crippen molar-refractivity contribution in [1.29, 1.82) is 0 Å². The summed E-state index contributed by atoms with van der Waals surface area (Å²) < 4.78 is 0. The van der Waals surface area contributed by atoms with Crippen LogP contribution in [-0.4, -0.2) is 10.2 Å². The second-order valence-corrected chi connectivity index (χ2v) is 4.60. The molecule has 4 heteroatoms. The molecule has 1 heterocycles. The molecular weight excluding hydrogens is 206 g/mol. The first kappa shape index (κ1) is 9.00. The highest BCUT2D eigenvalue weighted by molar-refractivity contribution is 7.12. The third-order valence-electron chi connectivity index (χ3n) is 2.91. The first-order valence-electron chi connectivity index (χ1n) is 5.00. The molecule has 1 aromatic carbocycles. The average Bonchev–Trinajstić information content (AvgIpc) is 2.88. The van der Waals surface area contributed by atoms with Gasteiger partial charge in [-0.05, 0) is 24.0 Å². The van der Waals surface area contributed by atoms with Crippen LogP contribution >= 0.6 is 11.3 Å². The van der Waals surface area contributed by atoms with E-state index >= 15 is 0 Å². The minimum Gasteiger partial charge on any atom is -0.324 e. The first-order valence-corrected chi connectivity index (χ1v) is 5.88. The van der Waals surface area contributed by atoms with E-state index in [1.165, 1.54) is 16.7 Å². The van der Waals surface area contributed by atoms with Gasteiger partial charge in [0, 0.05) is 11.6 Å². The van der Waals surface area contributed by atoms with Crippen LogP contribution in [-0.2, 0) is 6.42 Å². The summed E-state index contributed by atoms with van der Waals surface area (Å²) in [4.78, 5) is 0. The highest BCUT2D eigenvalue weighted by Gasteiger charge is 2.22. The molecule has 3 rings (SSSR count). The largest absolute Gasteiger partial charge is 0.324 e. The van der Waals surface area contributed by atoms with Gasteiger partial charge < -0.3 is 5.73 Å². The summed E-state index contributed by atoms with van der Waals surface area (Å²) in [6.07, 6.45) is 2.11. The first-order chi connectivity index (χ1) is 7.36. The number of hydrogen-bond acceptors (Lipinski definition) is 4. The molecule has 1 atom stereocenters. The number of fused-ring (bicyclic) bond motifs is 1. The number of aromatic nitrogens is 2. The molecule has 15 heavy (non-hydrogen) atoms. The van der Waals surface area contributed by atoms with Crippen molar-refractivity contribution in [3.05, 3.63) is 34.8 Å². The molecule has 0 radical (unpaired) electrons. The smallest absolute Gasteiger partial charge is 0.147 e. The lowest BCUT2D eigenvalue weighted by molar-refractivity contribution is 0.713. The van der Waals surface area contributed by atoms with E-state index in [0.29, 0.717) is 0 Å². The monoisotopic (exact) mass is 217 g/mol. The molecule has 0 fully saturated rings. The van der Waals surface area contributed by atoms with Crippen molar-refractivity contribution in [3.8, 4) is 10.6 Å². The summed E-state index contributed by atoms with van der Waals surface area (Å²) in [7, 11) is 0. The number of nitrogens with zero attached hydrogens (tertiary/aromatic N) is 2. The average molecular weight is 217 g/mol. The predicted octanol–water partition coefficient (Wildman–Crippen LogP) is 2.15. The van der Waals surface area contributed by atoms with Gasteiger partial charge >= 0.3 is 0 Å². The lowest BCUT2D eigenvalue weighted by atomic mass is 10.0. The molecule has 1 aromatic heterocycles. The number of hydrogen-bond donors (Lipinski definition) is 1. The Labute approximate surface area is 92.0 Å². The van der Waals surface area contributed by atoms with Crippen LogP contribution in [0.2, 0.25) is 0 Å². The Kier molecular flexibility index (Phi) is 2.04. The van der Waals surface area contributed by atoms with E-state index in [1.807, 2.05) is 0 Å².